The molecule has 106 valence electrons. The second kappa shape index (κ2) is 5.70. The number of aromatic nitrogens is 2. The highest BCUT2D eigenvalue weighted by Crippen LogP contribution is 2.49. The van der Waals surface area contributed by atoms with E-state index >= 15 is 0 Å². The summed E-state index contributed by atoms with van der Waals surface area (Å²) < 4.78 is 5.34. The molecule has 2 aromatic rings. The molecule has 0 aliphatic carbocycles. The van der Waals surface area contributed by atoms with Crippen LogP contribution in [0.25, 0.3) is 8.47 Å². The highest BCUT2D eigenvalue weighted by atomic mass is 32.2. The molecule has 0 fully saturated rings. The summed E-state index contributed by atoms with van der Waals surface area (Å²) in [6.45, 7) is 4.04. The van der Waals surface area contributed by atoms with Gasteiger partial charge in [0.15, 0.2) is 0 Å². The van der Waals surface area contributed by atoms with Crippen LogP contribution in [0.2, 0.25) is 0 Å². The van der Waals surface area contributed by atoms with Crippen molar-refractivity contribution < 1.29 is 0 Å². The second-order valence-electron chi connectivity index (χ2n) is 4.46. The predicted molar refractivity (Wildman–Crippen MR) is 97.9 cm³/mol. The first-order chi connectivity index (χ1) is 10.2. The fraction of sp³-hybridized carbons (Fsp3) is 0.143. The van der Waals surface area contributed by atoms with Gasteiger partial charge in [-0.2, -0.15) is 0 Å². The molecule has 0 saturated heterocycles. The molecule has 0 aromatic carbocycles. The van der Waals surface area contributed by atoms with Crippen molar-refractivity contribution in [2.45, 2.75) is 23.9 Å². The van der Waals surface area contributed by atoms with E-state index in [1.54, 1.807) is 47.0 Å². The molecule has 4 rings (SSSR count). The molecular weight excluding hydrogens is 357 g/mol. The van der Waals surface area contributed by atoms with E-state index in [0.717, 1.165) is 21.4 Å². The van der Waals surface area contributed by atoms with Crippen molar-refractivity contribution >= 4 is 66.9 Å². The standard InChI is InChI=1S/C14H10N2S5/c1-7-8(2)16-12-11(15-7)20-14(21-12)10-4-3-9(19-10)13-17-5-6-18-13/h3-6H,1-2H3. The van der Waals surface area contributed by atoms with Crippen LogP contribution >= 0.6 is 58.4 Å². The van der Waals surface area contributed by atoms with Gasteiger partial charge in [0.05, 0.1) is 19.9 Å². The third-order valence-corrected chi connectivity index (χ3v) is 9.23. The van der Waals surface area contributed by atoms with Gasteiger partial charge < -0.3 is 0 Å². The lowest BCUT2D eigenvalue weighted by atomic mass is 10.4. The van der Waals surface area contributed by atoms with E-state index in [9.17, 15) is 0 Å². The summed E-state index contributed by atoms with van der Waals surface area (Å²) in [6, 6.07) is 4.43. The predicted octanol–water partition coefficient (Wildman–Crippen LogP) is 4.14. The van der Waals surface area contributed by atoms with E-state index in [1.165, 1.54) is 17.5 Å². The molecule has 0 saturated carbocycles. The average Bonchev–Trinajstić information content (AvgIpc) is 3.18. The Hall–Kier alpha value is -0.340. The molecular formula is C14H10N2S5. The number of thiophene rings is 1. The van der Waals surface area contributed by atoms with Crippen LogP contribution in [0.1, 0.15) is 11.4 Å². The maximum absolute atomic E-state index is 4.65. The molecule has 0 radical (unpaired) electrons. The Balaban J connectivity index is 1.77. The molecule has 0 N–H and O–H groups in total. The zero-order chi connectivity index (χ0) is 14.4. The number of thioether (sulfide) groups is 4. The molecule has 0 unspecified atom stereocenters. The normalized spacial score (nSPS) is 16.9. The third kappa shape index (κ3) is 2.70. The molecule has 2 nitrogen and oxygen atoms in total. The monoisotopic (exact) mass is 366 g/mol. The van der Waals surface area contributed by atoms with Crippen molar-refractivity contribution in [3.8, 4) is 0 Å². The van der Waals surface area contributed by atoms with Crippen molar-refractivity contribution in [2.75, 3.05) is 0 Å². The van der Waals surface area contributed by atoms with E-state index in [2.05, 4.69) is 32.9 Å². The number of hydrogen-bond donors (Lipinski definition) is 0. The van der Waals surface area contributed by atoms with Crippen LogP contribution in [0.3, 0.4) is 0 Å². The number of rotatable bonds is 0. The van der Waals surface area contributed by atoms with Gasteiger partial charge in [-0.1, -0.05) is 47.0 Å². The number of nitrogens with zero attached hydrogens (tertiary/aromatic N) is 2. The lowest BCUT2D eigenvalue weighted by Crippen LogP contribution is -1.95. The van der Waals surface area contributed by atoms with Crippen molar-refractivity contribution in [1.29, 1.82) is 0 Å². The Morgan fingerprint density at radius 2 is 1.29 bits per heavy atom. The Bertz CT molecular complexity index is 838. The highest BCUT2D eigenvalue weighted by Gasteiger charge is 2.22. The average molecular weight is 367 g/mol. The first kappa shape index (κ1) is 14.3. The third-order valence-electron chi connectivity index (χ3n) is 3.04. The second-order valence-corrected chi connectivity index (χ2v) is 9.89. The molecule has 0 spiro atoms. The van der Waals surface area contributed by atoms with Crippen LogP contribution in [-0.2, 0) is 0 Å². The van der Waals surface area contributed by atoms with Crippen molar-refractivity contribution in [3.63, 3.8) is 0 Å². The minimum atomic E-state index is 1.02. The zero-order valence-corrected chi connectivity index (χ0v) is 15.3. The maximum atomic E-state index is 4.65. The van der Waals surface area contributed by atoms with E-state index in [4.69, 9.17) is 0 Å². The van der Waals surface area contributed by atoms with Gasteiger partial charge in [0.25, 0.3) is 0 Å². The molecule has 2 aliphatic heterocycles. The zero-order valence-electron chi connectivity index (χ0n) is 11.2. The Kier molecular flexibility index (Phi) is 3.87. The van der Waals surface area contributed by atoms with Crippen molar-refractivity contribution in [3.05, 3.63) is 43.4 Å². The molecule has 0 amide bonds. The van der Waals surface area contributed by atoms with E-state index in [-0.39, 0.29) is 0 Å². The lowest BCUT2D eigenvalue weighted by Gasteiger charge is -1.99. The van der Waals surface area contributed by atoms with Crippen LogP contribution in [0, 0.1) is 13.8 Å². The molecule has 0 bridgehead atoms. The van der Waals surface area contributed by atoms with Gasteiger partial charge in [-0.15, -0.1) is 11.3 Å². The maximum Gasteiger partial charge on any atom is 0.134 e. The summed E-state index contributed by atoms with van der Waals surface area (Å²) in [5.41, 5.74) is 2.05. The van der Waals surface area contributed by atoms with E-state index < -0.39 is 0 Å². The fourth-order valence-corrected chi connectivity index (χ4v) is 7.41. The Labute approximate surface area is 143 Å². The lowest BCUT2D eigenvalue weighted by molar-refractivity contribution is 0.863. The largest absolute Gasteiger partial charge is 0.242 e. The van der Waals surface area contributed by atoms with Crippen LogP contribution in [-0.4, -0.2) is 9.97 Å². The minimum absolute atomic E-state index is 1.02. The smallest absolute Gasteiger partial charge is 0.134 e. The highest BCUT2D eigenvalue weighted by molar-refractivity contribution is 8.35. The molecule has 21 heavy (non-hydrogen) atoms. The molecule has 0 atom stereocenters. The van der Waals surface area contributed by atoms with Gasteiger partial charge in [-0.05, 0) is 36.8 Å². The van der Waals surface area contributed by atoms with Crippen LogP contribution in [0.4, 0.5) is 0 Å². The number of aryl methyl sites for hydroxylation is 2. The van der Waals surface area contributed by atoms with Gasteiger partial charge in [0.2, 0.25) is 0 Å². The van der Waals surface area contributed by atoms with Crippen molar-refractivity contribution in [2.24, 2.45) is 0 Å². The van der Waals surface area contributed by atoms with Crippen LogP contribution in [0.5, 0.6) is 0 Å². The summed E-state index contributed by atoms with van der Waals surface area (Å²) in [5, 5.41) is 6.38. The molecule has 2 aromatic heterocycles. The van der Waals surface area contributed by atoms with Gasteiger partial charge >= 0.3 is 0 Å². The van der Waals surface area contributed by atoms with Gasteiger partial charge in [0, 0.05) is 9.06 Å². The SMILES string of the molecule is Cc1nc2c(nc1C)SC(=c1ccc(=C3SC=CS3)s1)S2. The molecule has 2 aliphatic rings. The summed E-state index contributed by atoms with van der Waals surface area (Å²) in [5.74, 6) is 0. The summed E-state index contributed by atoms with van der Waals surface area (Å²) >= 11 is 8.95. The molecule has 4 heterocycles. The summed E-state index contributed by atoms with van der Waals surface area (Å²) in [4.78, 5) is 9.31. The van der Waals surface area contributed by atoms with E-state index in [0.29, 0.717) is 0 Å². The topological polar surface area (TPSA) is 25.8 Å². The summed E-state index contributed by atoms with van der Waals surface area (Å²) in [6.07, 6.45) is 0. The summed E-state index contributed by atoms with van der Waals surface area (Å²) in [7, 11) is 0. The number of fused-ring (bicyclic) bond motifs is 1. The van der Waals surface area contributed by atoms with Crippen LogP contribution in [0.15, 0.2) is 33.0 Å². The first-order valence-electron chi connectivity index (χ1n) is 6.24. The molecule has 7 heteroatoms. The van der Waals surface area contributed by atoms with Gasteiger partial charge in [0.1, 0.15) is 10.1 Å². The van der Waals surface area contributed by atoms with Crippen molar-refractivity contribution in [1.82, 2.24) is 9.97 Å². The van der Waals surface area contributed by atoms with Gasteiger partial charge in [-0.25, -0.2) is 9.97 Å². The Morgan fingerprint density at radius 3 is 1.86 bits per heavy atom. The first-order valence-corrected chi connectivity index (χ1v) is 10.5. The Morgan fingerprint density at radius 1 is 0.762 bits per heavy atom. The van der Waals surface area contributed by atoms with E-state index in [1.807, 2.05) is 25.2 Å². The fourth-order valence-electron chi connectivity index (χ4n) is 1.87. The van der Waals surface area contributed by atoms with Gasteiger partial charge in [-0.3, -0.25) is 0 Å². The quantitative estimate of drug-likeness (QED) is 0.695. The minimum Gasteiger partial charge on any atom is -0.242 e. The van der Waals surface area contributed by atoms with Crippen LogP contribution < -0.4 is 9.06 Å². The number of hydrogen-bond acceptors (Lipinski definition) is 7.